The third-order valence-corrected chi connectivity index (χ3v) is 6.73. The predicted molar refractivity (Wildman–Crippen MR) is 165 cm³/mol. The van der Waals surface area contributed by atoms with Crippen molar-refractivity contribution in [1.82, 2.24) is 29.5 Å². The molecule has 0 radical (unpaired) electrons. The van der Waals surface area contributed by atoms with E-state index in [1.807, 2.05) is 24.3 Å². The van der Waals surface area contributed by atoms with Crippen LogP contribution in [-0.2, 0) is 35.5 Å². The van der Waals surface area contributed by atoms with E-state index in [4.69, 9.17) is 15.3 Å². The number of hydrogen-bond acceptors (Lipinski definition) is 11. The fourth-order valence-electron chi connectivity index (χ4n) is 4.53. The molecule has 256 valence electrons. The molecular formula is C30H29N7O8STb3+9. The molecule has 4 rings (SSSR count). The molecule has 0 aliphatic carbocycles. The summed E-state index contributed by atoms with van der Waals surface area (Å²) in [6.07, 6.45) is -0.517. The van der Waals surface area contributed by atoms with Crippen molar-refractivity contribution in [2.24, 2.45) is 4.99 Å². The van der Waals surface area contributed by atoms with E-state index in [9.17, 15) is 29.7 Å². The van der Waals surface area contributed by atoms with Gasteiger partial charge in [-0.25, -0.2) is 24.3 Å². The minimum atomic E-state index is -2.01. The number of aliphatic hydroxyl groups is 2. The first-order valence-corrected chi connectivity index (χ1v) is 14.1. The van der Waals surface area contributed by atoms with Crippen LogP contribution in [0.15, 0.2) is 71.9 Å². The van der Waals surface area contributed by atoms with Crippen molar-refractivity contribution in [3.8, 4) is 17.2 Å². The molecule has 5 N–H and O–H groups in total. The van der Waals surface area contributed by atoms with Crippen molar-refractivity contribution in [3.63, 3.8) is 0 Å². The Kier molecular flexibility index (Phi) is 20.8. The van der Waals surface area contributed by atoms with Crippen LogP contribution in [0.3, 0.4) is 0 Å². The molecule has 0 aliphatic heterocycles. The summed E-state index contributed by atoms with van der Waals surface area (Å²) in [4.78, 5) is 48.7. The number of carboxylic acids is 2. The van der Waals surface area contributed by atoms with Crippen molar-refractivity contribution in [3.05, 3.63) is 89.4 Å². The number of benzene rings is 1. The summed E-state index contributed by atoms with van der Waals surface area (Å²) in [7, 11) is 0. The molecular weight excluding hydrogens is 1100 g/mol. The van der Waals surface area contributed by atoms with E-state index in [0.717, 1.165) is 20.9 Å². The Morgan fingerprint density at radius 3 is 2.06 bits per heavy atom. The second-order valence-corrected chi connectivity index (χ2v) is 10.2. The van der Waals surface area contributed by atoms with Crippen LogP contribution in [-0.4, -0.2) is 97.8 Å². The van der Waals surface area contributed by atoms with Gasteiger partial charge in [-0.15, -0.1) is 0 Å². The molecule has 49 heavy (non-hydrogen) atoms. The molecule has 1 amide bonds. The first kappa shape index (κ1) is 45.5. The van der Waals surface area contributed by atoms with Crippen LogP contribution in [0, 0.1) is 116 Å². The standard InChI is InChI=1S/C30H29N7O8S.3Tb/c38-26(39)16-35(29(42)43)14-22-3-1-5-24(32-22)28-20(10-7-19-8-11-21(12-9-19)31-18-46)13-37(34-28)25-6-2-4-23(33-25)15-36(30(44)45)17-27(40)41;;;/h1-6,8-9,11-13,30,44-45H,7,10,14-17H2,(H,38,39)(H,40,41)(H,42,43);;;/q;3*+3. The Morgan fingerprint density at radius 2 is 1.47 bits per heavy atom. The molecule has 0 spiro atoms. The number of rotatable bonds is 15. The predicted octanol–water partition coefficient (Wildman–Crippen LogP) is 2.57. The van der Waals surface area contributed by atoms with Gasteiger partial charge in [-0.1, -0.05) is 24.3 Å². The van der Waals surface area contributed by atoms with E-state index in [-0.39, 0.29) is 129 Å². The maximum absolute atomic E-state index is 11.6. The summed E-state index contributed by atoms with van der Waals surface area (Å²) in [5.74, 6) is -2.17. The molecule has 15 nitrogen and oxygen atoms in total. The fraction of sp³-hybridized carbons (Fsp3) is 0.233. The molecule has 0 aliphatic rings. The van der Waals surface area contributed by atoms with Crippen LogP contribution in [0.5, 0.6) is 0 Å². The Morgan fingerprint density at radius 1 is 0.837 bits per heavy atom. The molecule has 1 aromatic carbocycles. The van der Waals surface area contributed by atoms with Crippen LogP contribution in [0.4, 0.5) is 10.5 Å². The molecule has 0 saturated heterocycles. The van der Waals surface area contributed by atoms with Gasteiger partial charge >= 0.3 is 134 Å². The van der Waals surface area contributed by atoms with Gasteiger partial charge in [0, 0.05) is 18.3 Å². The second kappa shape index (κ2) is 22.4. The number of aliphatic hydroxyl groups excluding tert-OH is 1. The normalized spacial score (nSPS) is 10.3. The Balaban J connectivity index is 0.00000400. The summed E-state index contributed by atoms with van der Waals surface area (Å²) >= 11 is 4.66. The summed E-state index contributed by atoms with van der Waals surface area (Å²) in [6.45, 7) is -1.75. The zero-order valence-electron chi connectivity index (χ0n) is 25.2. The van der Waals surface area contributed by atoms with Crippen LogP contribution in [0.1, 0.15) is 22.5 Å². The quantitative estimate of drug-likeness (QED) is 0.0659. The van der Waals surface area contributed by atoms with Gasteiger partial charge in [0.05, 0.1) is 34.5 Å². The SMILES string of the molecule is O=C(O)CN(Cc1cccc(-c2nn(-c3cccc(CN(CC(=O)O)C(O)O)n3)cc2CCc2ccc(N=C=S)cc2)n1)C(=O)O.[Tb+3].[Tb+3].[Tb+3]. The number of thiocarbonyl (C=S) groups is 1. The number of aryl methyl sites for hydroxylation is 2. The number of isothiocyanates is 1. The Labute approximate surface area is 378 Å². The molecule has 0 saturated carbocycles. The molecule has 0 bridgehead atoms. The summed E-state index contributed by atoms with van der Waals surface area (Å²) in [5, 5.41) is 54.0. The third kappa shape index (κ3) is 14.2. The average molecular weight is 1120 g/mol. The van der Waals surface area contributed by atoms with E-state index >= 15 is 0 Å². The first-order chi connectivity index (χ1) is 22.0. The zero-order valence-corrected chi connectivity index (χ0v) is 32.4. The van der Waals surface area contributed by atoms with Gasteiger partial charge < -0.3 is 25.5 Å². The van der Waals surface area contributed by atoms with Crippen molar-refractivity contribution >= 4 is 41.1 Å². The van der Waals surface area contributed by atoms with Gasteiger partial charge in [-0.2, -0.15) is 10.1 Å². The fourth-order valence-corrected chi connectivity index (χ4v) is 4.63. The van der Waals surface area contributed by atoms with Crippen molar-refractivity contribution < 1.29 is 156 Å². The number of hydrogen-bond donors (Lipinski definition) is 5. The first-order valence-electron chi connectivity index (χ1n) is 13.7. The zero-order chi connectivity index (χ0) is 33.2. The summed E-state index contributed by atoms with van der Waals surface area (Å²) in [6, 6.07) is 17.4. The van der Waals surface area contributed by atoms with Gasteiger partial charge in [0.1, 0.15) is 18.8 Å². The molecule has 4 aromatic rings. The molecule has 0 unspecified atom stereocenters. The molecule has 3 aromatic heterocycles. The largest absolute Gasteiger partial charge is 3.00 e. The van der Waals surface area contributed by atoms with Crippen LogP contribution in [0.2, 0.25) is 0 Å². The smallest absolute Gasteiger partial charge is 0.480 e. The molecule has 3 heterocycles. The topological polar surface area (TPSA) is 215 Å². The summed E-state index contributed by atoms with van der Waals surface area (Å²) in [5.41, 5.74) is 4.04. The van der Waals surface area contributed by atoms with E-state index in [0.29, 0.717) is 47.1 Å². The van der Waals surface area contributed by atoms with Crippen molar-refractivity contribution in [1.29, 1.82) is 0 Å². The minimum absolute atomic E-state index is 0. The van der Waals surface area contributed by atoms with Crippen LogP contribution >= 0.6 is 12.2 Å². The van der Waals surface area contributed by atoms with Gasteiger partial charge in [0.15, 0.2) is 5.82 Å². The van der Waals surface area contributed by atoms with Crippen LogP contribution in [0.25, 0.3) is 17.2 Å². The Hall–Kier alpha value is -1.52. The van der Waals surface area contributed by atoms with Crippen molar-refractivity contribution in [2.45, 2.75) is 32.3 Å². The maximum atomic E-state index is 11.6. The number of aromatic nitrogens is 4. The van der Waals surface area contributed by atoms with Crippen molar-refractivity contribution in [2.75, 3.05) is 13.1 Å². The number of aliphatic imine (C=N–C) groups is 1. The monoisotopic (exact) mass is 1120 g/mol. The van der Waals surface area contributed by atoms with Crippen LogP contribution < -0.4 is 0 Å². The van der Waals surface area contributed by atoms with E-state index in [1.54, 1.807) is 42.6 Å². The number of carboxylic acid groups (broad SMARTS) is 3. The molecule has 0 fully saturated rings. The van der Waals surface area contributed by atoms with Gasteiger partial charge in [-0.3, -0.25) is 14.5 Å². The molecule has 19 heteroatoms. The summed E-state index contributed by atoms with van der Waals surface area (Å²) < 4.78 is 1.52. The number of amides is 1. The number of carbonyl (C=O) groups is 3. The average Bonchev–Trinajstić information content (AvgIpc) is 3.44. The molecule has 0 atom stereocenters. The maximum Gasteiger partial charge on any atom is 3.00 e. The number of nitrogens with zero attached hydrogens (tertiary/aromatic N) is 7. The number of pyridine rings is 2. The van der Waals surface area contributed by atoms with E-state index < -0.39 is 37.5 Å². The van der Waals surface area contributed by atoms with Gasteiger partial charge in [0.25, 0.3) is 0 Å². The second-order valence-electron chi connectivity index (χ2n) is 10.00. The van der Waals surface area contributed by atoms with Gasteiger partial charge in [-0.05, 0) is 67.0 Å². The van der Waals surface area contributed by atoms with E-state index in [1.165, 1.54) is 4.68 Å². The minimum Gasteiger partial charge on any atom is -0.480 e. The Bertz CT molecular complexity index is 1770. The van der Waals surface area contributed by atoms with E-state index in [2.05, 4.69) is 32.3 Å². The third-order valence-electron chi connectivity index (χ3n) is 6.64. The van der Waals surface area contributed by atoms with Gasteiger partial charge in [0.2, 0.25) is 6.41 Å². The number of aliphatic carboxylic acids is 2.